The van der Waals surface area contributed by atoms with Crippen molar-refractivity contribution >= 4 is 44.9 Å². The highest BCUT2D eigenvalue weighted by Gasteiger charge is 2.14. The number of amides is 1. The van der Waals surface area contributed by atoms with Crippen LogP contribution in [-0.4, -0.2) is 13.0 Å². The summed E-state index contributed by atoms with van der Waals surface area (Å²) in [6.07, 6.45) is 0.346. The van der Waals surface area contributed by atoms with Gasteiger partial charge in [0, 0.05) is 21.7 Å². The zero-order valence-electron chi connectivity index (χ0n) is 13.0. The molecule has 5 heteroatoms. The monoisotopic (exact) mass is 337 g/mol. The summed E-state index contributed by atoms with van der Waals surface area (Å²) >= 11 is 1.57. The van der Waals surface area contributed by atoms with E-state index in [0.29, 0.717) is 17.9 Å². The number of anilines is 1. The van der Waals surface area contributed by atoms with Crippen molar-refractivity contribution in [2.75, 3.05) is 12.4 Å². The molecule has 0 atom stereocenters. The normalized spacial score (nSPS) is 11.0. The third-order valence-electron chi connectivity index (χ3n) is 3.89. The average Bonchev–Trinajstić information content (AvgIpc) is 3.20. The van der Waals surface area contributed by atoms with Gasteiger partial charge in [-0.3, -0.25) is 4.79 Å². The molecule has 4 aromatic rings. The lowest BCUT2D eigenvalue weighted by Crippen LogP contribution is -2.14. The Morgan fingerprint density at radius 2 is 2.00 bits per heavy atom. The van der Waals surface area contributed by atoms with Gasteiger partial charge in [0.15, 0.2) is 0 Å². The summed E-state index contributed by atoms with van der Waals surface area (Å²) < 4.78 is 11.3. The maximum atomic E-state index is 12.3. The molecule has 1 amide bonds. The van der Waals surface area contributed by atoms with Gasteiger partial charge in [0.25, 0.3) is 0 Å². The molecule has 24 heavy (non-hydrogen) atoms. The Balaban J connectivity index is 1.71. The van der Waals surface area contributed by atoms with Crippen molar-refractivity contribution in [2.24, 2.45) is 0 Å². The van der Waals surface area contributed by atoms with Gasteiger partial charge in [0.05, 0.1) is 19.2 Å². The Morgan fingerprint density at radius 1 is 1.12 bits per heavy atom. The summed E-state index contributed by atoms with van der Waals surface area (Å²) in [6, 6.07) is 15.5. The first-order valence-corrected chi connectivity index (χ1v) is 8.44. The first kappa shape index (κ1) is 14.8. The van der Waals surface area contributed by atoms with Crippen LogP contribution in [0.2, 0.25) is 0 Å². The van der Waals surface area contributed by atoms with Crippen LogP contribution in [0.4, 0.5) is 5.69 Å². The lowest BCUT2D eigenvalue weighted by molar-refractivity contribution is -0.115. The van der Waals surface area contributed by atoms with Crippen LogP contribution >= 0.6 is 11.3 Å². The summed E-state index contributed by atoms with van der Waals surface area (Å²) in [5.74, 6) is 0.541. The van der Waals surface area contributed by atoms with E-state index >= 15 is 0 Å². The molecule has 0 saturated heterocycles. The van der Waals surface area contributed by atoms with E-state index in [0.717, 1.165) is 26.8 Å². The molecule has 2 aromatic heterocycles. The molecule has 0 aliphatic heterocycles. The summed E-state index contributed by atoms with van der Waals surface area (Å²) in [7, 11) is 1.60. The third-order valence-corrected chi connectivity index (χ3v) is 4.76. The van der Waals surface area contributed by atoms with Gasteiger partial charge in [-0.2, -0.15) is 0 Å². The molecule has 0 unspecified atom stereocenters. The van der Waals surface area contributed by atoms with Crippen LogP contribution in [0.1, 0.15) is 4.88 Å². The van der Waals surface area contributed by atoms with Crippen molar-refractivity contribution < 1.29 is 13.9 Å². The molecule has 2 aromatic carbocycles. The molecule has 0 spiro atoms. The fourth-order valence-electron chi connectivity index (χ4n) is 2.78. The number of carbonyl (C=O) groups excluding carboxylic acids is 1. The van der Waals surface area contributed by atoms with Gasteiger partial charge in [0.2, 0.25) is 5.91 Å². The molecule has 0 fully saturated rings. The van der Waals surface area contributed by atoms with Crippen LogP contribution in [0.3, 0.4) is 0 Å². The fourth-order valence-corrected chi connectivity index (χ4v) is 3.49. The lowest BCUT2D eigenvalue weighted by atomic mass is 10.1. The van der Waals surface area contributed by atoms with Crippen LogP contribution in [0.15, 0.2) is 58.3 Å². The number of ether oxygens (including phenoxy) is 1. The van der Waals surface area contributed by atoms with E-state index in [1.807, 2.05) is 53.9 Å². The van der Waals surface area contributed by atoms with E-state index in [9.17, 15) is 4.79 Å². The van der Waals surface area contributed by atoms with E-state index in [4.69, 9.17) is 9.15 Å². The number of methoxy groups -OCH3 is 1. The van der Waals surface area contributed by atoms with Crippen LogP contribution < -0.4 is 10.1 Å². The summed E-state index contributed by atoms with van der Waals surface area (Å²) in [6.45, 7) is 0. The topological polar surface area (TPSA) is 51.5 Å². The fraction of sp³-hybridized carbons (Fsp3) is 0.105. The molecule has 0 bridgehead atoms. The number of nitrogens with one attached hydrogen (secondary N) is 1. The number of furan rings is 1. The number of hydrogen-bond acceptors (Lipinski definition) is 4. The Kier molecular flexibility index (Phi) is 3.70. The first-order valence-electron chi connectivity index (χ1n) is 7.56. The number of hydrogen-bond donors (Lipinski definition) is 1. The van der Waals surface area contributed by atoms with Crippen molar-refractivity contribution in [3.05, 3.63) is 58.8 Å². The maximum Gasteiger partial charge on any atom is 0.229 e. The Bertz CT molecular complexity index is 1020. The Labute approximate surface area is 142 Å². The summed E-state index contributed by atoms with van der Waals surface area (Å²) in [5, 5.41) is 6.88. The van der Waals surface area contributed by atoms with E-state index in [1.165, 1.54) is 0 Å². The van der Waals surface area contributed by atoms with Crippen LogP contribution in [0.5, 0.6) is 5.75 Å². The minimum absolute atomic E-state index is 0.0776. The van der Waals surface area contributed by atoms with E-state index < -0.39 is 0 Å². The van der Waals surface area contributed by atoms with Gasteiger partial charge in [-0.1, -0.05) is 24.3 Å². The van der Waals surface area contributed by atoms with Crippen LogP contribution in [0.25, 0.3) is 21.9 Å². The van der Waals surface area contributed by atoms with Gasteiger partial charge in [-0.15, -0.1) is 11.3 Å². The van der Waals surface area contributed by atoms with Crippen molar-refractivity contribution in [3.63, 3.8) is 0 Å². The molecule has 120 valence electrons. The molecule has 0 aliphatic carbocycles. The Hall–Kier alpha value is -2.79. The standard InChI is InChI=1S/C19H15NO3S/c1-22-18-10-14-13-6-2-3-7-16(13)23-17(14)11-15(18)20-19(21)9-12-5-4-8-24-12/h2-8,10-11H,9H2,1H3,(H,20,21). The van der Waals surface area contributed by atoms with Gasteiger partial charge in [-0.25, -0.2) is 0 Å². The predicted octanol–water partition coefficient (Wildman–Crippen LogP) is 4.84. The van der Waals surface area contributed by atoms with Crippen molar-refractivity contribution in [1.82, 2.24) is 0 Å². The second-order valence-corrected chi connectivity index (χ2v) is 6.48. The zero-order chi connectivity index (χ0) is 16.5. The summed E-state index contributed by atoms with van der Waals surface area (Å²) in [5.41, 5.74) is 2.16. The van der Waals surface area contributed by atoms with Crippen LogP contribution in [0, 0.1) is 0 Å². The number of rotatable bonds is 4. The Morgan fingerprint density at radius 3 is 2.79 bits per heavy atom. The number of carbonyl (C=O) groups is 1. The van der Waals surface area contributed by atoms with Crippen molar-refractivity contribution in [1.29, 1.82) is 0 Å². The molecule has 4 rings (SSSR count). The molecular formula is C19H15NO3S. The smallest absolute Gasteiger partial charge is 0.229 e. The lowest BCUT2D eigenvalue weighted by Gasteiger charge is -2.10. The molecule has 4 nitrogen and oxygen atoms in total. The molecule has 0 aliphatic rings. The van der Waals surface area contributed by atoms with Crippen LogP contribution in [-0.2, 0) is 11.2 Å². The van der Waals surface area contributed by atoms with Crippen molar-refractivity contribution in [3.8, 4) is 5.75 Å². The van der Waals surface area contributed by atoms with Gasteiger partial charge in [-0.05, 0) is 23.6 Å². The predicted molar refractivity (Wildman–Crippen MR) is 96.9 cm³/mol. The SMILES string of the molecule is COc1cc2c(cc1NC(=O)Cc1cccs1)oc1ccccc12. The van der Waals surface area contributed by atoms with E-state index in [-0.39, 0.29) is 5.91 Å². The molecule has 2 heterocycles. The molecule has 0 radical (unpaired) electrons. The highest BCUT2D eigenvalue weighted by Crippen LogP contribution is 2.36. The van der Waals surface area contributed by atoms with Gasteiger partial charge in [0.1, 0.15) is 16.9 Å². The first-order chi connectivity index (χ1) is 11.7. The largest absolute Gasteiger partial charge is 0.495 e. The highest BCUT2D eigenvalue weighted by molar-refractivity contribution is 7.10. The number of thiophene rings is 1. The number of fused-ring (bicyclic) bond motifs is 3. The third kappa shape index (κ3) is 2.63. The van der Waals surface area contributed by atoms with Gasteiger partial charge >= 0.3 is 0 Å². The van der Waals surface area contributed by atoms with Gasteiger partial charge < -0.3 is 14.5 Å². The molecular weight excluding hydrogens is 322 g/mol. The molecule has 0 saturated carbocycles. The summed E-state index contributed by atoms with van der Waals surface area (Å²) in [4.78, 5) is 13.3. The quantitative estimate of drug-likeness (QED) is 0.580. The van der Waals surface area contributed by atoms with Crippen molar-refractivity contribution in [2.45, 2.75) is 6.42 Å². The maximum absolute atomic E-state index is 12.3. The van der Waals surface area contributed by atoms with E-state index in [1.54, 1.807) is 18.4 Å². The second-order valence-electron chi connectivity index (χ2n) is 5.45. The zero-order valence-corrected chi connectivity index (χ0v) is 13.9. The number of benzene rings is 2. The second kappa shape index (κ2) is 6.02. The molecule has 1 N–H and O–H groups in total. The minimum atomic E-state index is -0.0776. The van der Waals surface area contributed by atoms with E-state index in [2.05, 4.69) is 5.32 Å². The number of para-hydroxylation sites is 1. The highest BCUT2D eigenvalue weighted by atomic mass is 32.1. The average molecular weight is 337 g/mol. The minimum Gasteiger partial charge on any atom is -0.495 e.